The van der Waals surface area contributed by atoms with Crippen molar-refractivity contribution in [2.24, 2.45) is 11.8 Å². The van der Waals surface area contributed by atoms with Crippen molar-refractivity contribution in [1.82, 2.24) is 15.1 Å². The molecule has 27 heavy (non-hydrogen) atoms. The topological polar surface area (TPSA) is 84.2 Å². The summed E-state index contributed by atoms with van der Waals surface area (Å²) in [5.74, 6) is -2.07. The molecular formula is C20H24FN3O3. The molecule has 0 saturated heterocycles. The van der Waals surface area contributed by atoms with Gasteiger partial charge in [-0.15, -0.1) is 0 Å². The first kappa shape index (κ1) is 19.1. The second-order valence-electron chi connectivity index (χ2n) is 7.39. The number of amides is 1. The van der Waals surface area contributed by atoms with Crippen molar-refractivity contribution >= 4 is 11.9 Å². The molecule has 6 nitrogen and oxygen atoms in total. The zero-order valence-corrected chi connectivity index (χ0v) is 15.5. The average Bonchev–Trinajstić information content (AvgIpc) is 3.20. The van der Waals surface area contributed by atoms with Crippen LogP contribution in [0.3, 0.4) is 0 Å². The van der Waals surface area contributed by atoms with Crippen LogP contribution in [0.1, 0.15) is 48.4 Å². The van der Waals surface area contributed by atoms with Crippen LogP contribution < -0.4 is 5.32 Å². The average molecular weight is 373 g/mol. The fraction of sp³-hybridized carbons (Fsp3) is 0.450. The van der Waals surface area contributed by atoms with E-state index in [1.165, 1.54) is 12.1 Å². The minimum Gasteiger partial charge on any atom is -0.481 e. The molecule has 0 radical (unpaired) electrons. The van der Waals surface area contributed by atoms with E-state index in [2.05, 4.69) is 10.4 Å². The van der Waals surface area contributed by atoms with E-state index in [1.54, 1.807) is 16.8 Å². The minimum atomic E-state index is -0.917. The molecule has 2 N–H and O–H groups in total. The van der Waals surface area contributed by atoms with Gasteiger partial charge in [0.15, 0.2) is 5.69 Å². The van der Waals surface area contributed by atoms with Crippen molar-refractivity contribution in [1.29, 1.82) is 0 Å². The number of carboxylic acids is 1. The van der Waals surface area contributed by atoms with Gasteiger partial charge in [-0.2, -0.15) is 5.10 Å². The Morgan fingerprint density at radius 2 is 2.11 bits per heavy atom. The molecule has 2 aromatic rings. The Balaban J connectivity index is 1.82. The van der Waals surface area contributed by atoms with Gasteiger partial charge in [0, 0.05) is 17.8 Å². The summed E-state index contributed by atoms with van der Waals surface area (Å²) >= 11 is 0. The highest BCUT2D eigenvalue weighted by atomic mass is 19.1. The smallest absolute Gasteiger partial charge is 0.308 e. The number of hydrogen-bond donors (Lipinski definition) is 2. The predicted molar refractivity (Wildman–Crippen MR) is 98.5 cm³/mol. The molecule has 3 rings (SSSR count). The van der Waals surface area contributed by atoms with Crippen LogP contribution in [-0.4, -0.2) is 33.3 Å². The van der Waals surface area contributed by atoms with Crippen molar-refractivity contribution in [2.75, 3.05) is 6.54 Å². The van der Waals surface area contributed by atoms with Crippen molar-refractivity contribution in [3.05, 3.63) is 47.0 Å². The first-order chi connectivity index (χ1) is 12.9. The second-order valence-corrected chi connectivity index (χ2v) is 7.39. The molecule has 0 saturated carbocycles. The Bertz CT molecular complexity index is 860. The summed E-state index contributed by atoms with van der Waals surface area (Å²) in [6.07, 6.45) is 2.91. The summed E-state index contributed by atoms with van der Waals surface area (Å²) in [6.45, 7) is 3.96. The summed E-state index contributed by atoms with van der Waals surface area (Å²) in [4.78, 5) is 24.1. The van der Waals surface area contributed by atoms with Gasteiger partial charge in [0.1, 0.15) is 5.82 Å². The molecule has 1 amide bonds. The van der Waals surface area contributed by atoms with Gasteiger partial charge in [-0.3, -0.25) is 9.59 Å². The number of aliphatic carboxylic acids is 1. The Kier molecular flexibility index (Phi) is 5.58. The van der Waals surface area contributed by atoms with Crippen molar-refractivity contribution in [3.63, 3.8) is 0 Å². The molecule has 1 unspecified atom stereocenters. The molecule has 0 bridgehead atoms. The van der Waals surface area contributed by atoms with Crippen LogP contribution in [0.15, 0.2) is 24.3 Å². The van der Waals surface area contributed by atoms with Crippen LogP contribution in [0, 0.1) is 17.7 Å². The zero-order valence-electron chi connectivity index (χ0n) is 15.5. The fourth-order valence-electron chi connectivity index (χ4n) is 3.58. The third kappa shape index (κ3) is 4.18. The fourth-order valence-corrected chi connectivity index (χ4v) is 3.58. The Labute approximate surface area is 157 Å². The molecule has 1 heterocycles. The summed E-state index contributed by atoms with van der Waals surface area (Å²) in [5, 5.41) is 16.5. The van der Waals surface area contributed by atoms with Crippen molar-refractivity contribution in [2.45, 2.75) is 39.5 Å². The Hall–Kier alpha value is -2.70. The zero-order chi connectivity index (χ0) is 19.6. The quantitative estimate of drug-likeness (QED) is 0.781. The van der Waals surface area contributed by atoms with Gasteiger partial charge >= 0.3 is 5.97 Å². The van der Waals surface area contributed by atoms with E-state index in [0.717, 1.165) is 30.5 Å². The van der Waals surface area contributed by atoms with Crippen LogP contribution in [0.25, 0.3) is 5.69 Å². The molecule has 0 spiro atoms. The number of nitrogens with zero attached hydrogens (tertiary/aromatic N) is 2. The molecule has 0 aliphatic heterocycles. The summed E-state index contributed by atoms with van der Waals surface area (Å²) in [7, 11) is 0. The van der Waals surface area contributed by atoms with Crippen LogP contribution in [-0.2, 0) is 17.6 Å². The number of halogens is 1. The van der Waals surface area contributed by atoms with Gasteiger partial charge in [0.25, 0.3) is 5.91 Å². The lowest BCUT2D eigenvalue weighted by atomic mass is 9.97. The normalized spacial score (nSPS) is 14.2. The molecule has 1 aromatic heterocycles. The van der Waals surface area contributed by atoms with Crippen LogP contribution in [0.5, 0.6) is 0 Å². The van der Waals surface area contributed by atoms with Crippen LogP contribution in [0.2, 0.25) is 0 Å². The van der Waals surface area contributed by atoms with E-state index < -0.39 is 11.9 Å². The third-order valence-electron chi connectivity index (χ3n) is 4.81. The number of rotatable bonds is 7. The summed E-state index contributed by atoms with van der Waals surface area (Å²) in [5.41, 5.74) is 2.67. The molecule has 7 heteroatoms. The predicted octanol–water partition coefficient (Wildman–Crippen LogP) is 2.98. The van der Waals surface area contributed by atoms with Gasteiger partial charge in [0.05, 0.1) is 11.6 Å². The number of fused-ring (bicyclic) bond motifs is 1. The molecule has 0 fully saturated rings. The number of nitrogens with one attached hydrogen (secondary N) is 1. The number of hydrogen-bond acceptors (Lipinski definition) is 3. The molecular weight excluding hydrogens is 349 g/mol. The highest BCUT2D eigenvalue weighted by molar-refractivity contribution is 5.94. The number of carboxylic acid groups (broad SMARTS) is 1. The summed E-state index contributed by atoms with van der Waals surface area (Å²) in [6, 6.07) is 6.11. The molecule has 1 aliphatic carbocycles. The van der Waals surface area contributed by atoms with Gasteiger partial charge in [-0.05, 0) is 49.8 Å². The van der Waals surface area contributed by atoms with Gasteiger partial charge < -0.3 is 10.4 Å². The lowest BCUT2D eigenvalue weighted by Gasteiger charge is -2.15. The number of carbonyl (C=O) groups is 2. The lowest BCUT2D eigenvalue weighted by molar-refractivity contribution is -0.142. The number of benzene rings is 1. The lowest BCUT2D eigenvalue weighted by Crippen LogP contribution is -2.34. The Morgan fingerprint density at radius 3 is 2.78 bits per heavy atom. The van der Waals surface area contributed by atoms with E-state index in [0.29, 0.717) is 17.8 Å². The van der Waals surface area contributed by atoms with Crippen molar-refractivity contribution in [3.8, 4) is 5.69 Å². The largest absolute Gasteiger partial charge is 0.481 e. The van der Waals surface area contributed by atoms with E-state index >= 15 is 0 Å². The SMILES string of the molecule is CC(C)CC(CNC(=O)c1nn(-c2cccc(F)c2)c2c1CCC2)C(=O)O. The van der Waals surface area contributed by atoms with Gasteiger partial charge in [0.2, 0.25) is 0 Å². The third-order valence-corrected chi connectivity index (χ3v) is 4.81. The van der Waals surface area contributed by atoms with Crippen LogP contribution in [0.4, 0.5) is 4.39 Å². The van der Waals surface area contributed by atoms with E-state index in [4.69, 9.17) is 0 Å². The standard InChI is InChI=1S/C20H24FN3O3/c1-12(2)9-13(20(26)27)11-22-19(25)18-16-7-4-8-17(16)24(23-18)15-6-3-5-14(21)10-15/h3,5-6,10,12-13H,4,7-9,11H2,1-2H3,(H,22,25)(H,26,27). The molecule has 144 valence electrons. The first-order valence-corrected chi connectivity index (χ1v) is 9.24. The minimum absolute atomic E-state index is 0.0634. The van der Waals surface area contributed by atoms with Crippen LogP contribution >= 0.6 is 0 Å². The maximum Gasteiger partial charge on any atom is 0.308 e. The second kappa shape index (κ2) is 7.90. The number of aromatic nitrogens is 2. The van der Waals surface area contributed by atoms with Crippen molar-refractivity contribution < 1.29 is 19.1 Å². The van der Waals surface area contributed by atoms with Gasteiger partial charge in [-0.25, -0.2) is 9.07 Å². The van der Waals surface area contributed by atoms with E-state index in [9.17, 15) is 19.1 Å². The summed E-state index contributed by atoms with van der Waals surface area (Å²) < 4.78 is 15.2. The monoisotopic (exact) mass is 373 g/mol. The first-order valence-electron chi connectivity index (χ1n) is 9.24. The van der Waals surface area contributed by atoms with Gasteiger partial charge in [-0.1, -0.05) is 19.9 Å². The van der Waals surface area contributed by atoms with E-state index in [1.807, 2.05) is 13.8 Å². The molecule has 1 atom stereocenters. The van der Waals surface area contributed by atoms with E-state index in [-0.39, 0.29) is 24.2 Å². The maximum atomic E-state index is 13.6. The number of carbonyl (C=O) groups excluding carboxylic acids is 1. The highest BCUT2D eigenvalue weighted by Gasteiger charge is 2.28. The molecule has 1 aliphatic rings. The highest BCUT2D eigenvalue weighted by Crippen LogP contribution is 2.28. The Morgan fingerprint density at radius 1 is 1.33 bits per heavy atom. The molecule has 1 aromatic carbocycles. The maximum absolute atomic E-state index is 13.6.